The third-order valence-corrected chi connectivity index (χ3v) is 6.13. The van der Waals surface area contributed by atoms with Crippen molar-refractivity contribution in [1.29, 1.82) is 0 Å². The van der Waals surface area contributed by atoms with E-state index in [-0.39, 0.29) is 29.9 Å². The monoisotopic (exact) mass is 537 g/mol. The Morgan fingerprint density at radius 1 is 1.29 bits per heavy atom. The Bertz CT molecular complexity index is 868. The number of hydrogen-bond donors (Lipinski definition) is 2. The summed E-state index contributed by atoms with van der Waals surface area (Å²) in [6.45, 7) is 6.93. The highest BCUT2D eigenvalue weighted by Crippen LogP contribution is 2.27. The molecular formula is C22H32IN7O. The second-order valence-corrected chi connectivity index (χ2v) is 8.13. The van der Waals surface area contributed by atoms with Crippen LogP contribution in [0.25, 0.3) is 0 Å². The summed E-state index contributed by atoms with van der Waals surface area (Å²) in [5, 5.41) is 6.38. The molecule has 2 saturated heterocycles. The number of rotatable bonds is 4. The molecule has 31 heavy (non-hydrogen) atoms. The molecule has 2 unspecified atom stereocenters. The van der Waals surface area contributed by atoms with Crippen LogP contribution >= 0.6 is 24.0 Å². The lowest BCUT2D eigenvalue weighted by atomic mass is 9.93. The van der Waals surface area contributed by atoms with Gasteiger partial charge in [-0.2, -0.15) is 0 Å². The zero-order valence-corrected chi connectivity index (χ0v) is 20.5. The standard InChI is InChI=1S/C22H31N7O.HI/c1-17-7-10-28(14-20(17)29-11-8-24-16-29)22(23-2)26-13-18-3-5-19(6-4-18)27-12-9-25-21(30)15-27;/h3-6,8,11,16-17,20H,7,9-10,12-15H2,1-2H3,(H,23,26)(H,25,30);1H. The van der Waals surface area contributed by atoms with Gasteiger partial charge in [0.25, 0.3) is 0 Å². The van der Waals surface area contributed by atoms with Gasteiger partial charge in [-0.25, -0.2) is 4.98 Å². The molecule has 0 saturated carbocycles. The number of halogens is 1. The van der Waals surface area contributed by atoms with Crippen LogP contribution in [0.5, 0.6) is 0 Å². The normalized spacial score (nSPS) is 22.0. The minimum Gasteiger partial charge on any atom is -0.360 e. The zero-order chi connectivity index (χ0) is 20.9. The Kier molecular flexibility index (Phi) is 8.16. The number of imidazole rings is 1. The molecule has 0 aliphatic carbocycles. The van der Waals surface area contributed by atoms with Crippen molar-refractivity contribution < 1.29 is 4.79 Å². The average Bonchev–Trinajstić information content (AvgIpc) is 3.30. The van der Waals surface area contributed by atoms with Gasteiger partial charge in [0.15, 0.2) is 5.96 Å². The lowest BCUT2D eigenvalue weighted by molar-refractivity contribution is -0.120. The fraction of sp³-hybridized carbons (Fsp3) is 0.500. The fourth-order valence-electron chi connectivity index (χ4n) is 4.29. The van der Waals surface area contributed by atoms with E-state index in [1.54, 1.807) is 0 Å². The number of carbonyl (C=O) groups excluding carboxylic acids is 1. The van der Waals surface area contributed by atoms with Crippen molar-refractivity contribution in [3.05, 3.63) is 48.5 Å². The van der Waals surface area contributed by atoms with E-state index >= 15 is 0 Å². The number of carbonyl (C=O) groups is 1. The number of aliphatic imine (C=N–C) groups is 1. The van der Waals surface area contributed by atoms with Gasteiger partial charge >= 0.3 is 0 Å². The van der Waals surface area contributed by atoms with E-state index < -0.39 is 0 Å². The topological polar surface area (TPSA) is 77.8 Å². The lowest BCUT2D eigenvalue weighted by Crippen LogP contribution is -2.48. The number of piperidine rings is 1. The molecule has 0 radical (unpaired) electrons. The Morgan fingerprint density at radius 2 is 2.10 bits per heavy atom. The maximum absolute atomic E-state index is 11.6. The van der Waals surface area contributed by atoms with Crippen molar-refractivity contribution in [3.63, 3.8) is 0 Å². The van der Waals surface area contributed by atoms with Gasteiger partial charge in [0.05, 0.1) is 18.9 Å². The Morgan fingerprint density at radius 3 is 2.77 bits per heavy atom. The van der Waals surface area contributed by atoms with Crippen LogP contribution in [0.15, 0.2) is 48.0 Å². The number of amides is 1. The van der Waals surface area contributed by atoms with Gasteiger partial charge in [-0.05, 0) is 30.0 Å². The molecule has 9 heteroatoms. The van der Waals surface area contributed by atoms with E-state index in [1.165, 1.54) is 5.56 Å². The Labute approximate surface area is 201 Å². The first-order chi connectivity index (χ1) is 14.6. The first-order valence-corrected chi connectivity index (χ1v) is 10.7. The van der Waals surface area contributed by atoms with E-state index in [4.69, 9.17) is 0 Å². The number of aromatic nitrogens is 2. The molecule has 2 aliphatic heterocycles. The van der Waals surface area contributed by atoms with Crippen LogP contribution in [-0.2, 0) is 11.3 Å². The summed E-state index contributed by atoms with van der Waals surface area (Å²) in [6.07, 6.45) is 6.93. The first kappa shape index (κ1) is 23.4. The molecule has 1 aromatic carbocycles. The van der Waals surface area contributed by atoms with Crippen LogP contribution in [0.1, 0.15) is 24.9 Å². The molecule has 1 aromatic heterocycles. The minimum atomic E-state index is 0. The molecule has 0 bridgehead atoms. The SMILES string of the molecule is CN=C(NCc1ccc(N2CCNC(=O)C2)cc1)N1CCC(C)C(n2ccnc2)C1.I. The predicted molar refractivity (Wildman–Crippen MR) is 134 cm³/mol. The van der Waals surface area contributed by atoms with E-state index in [0.29, 0.717) is 25.0 Å². The molecule has 1 amide bonds. The van der Waals surface area contributed by atoms with Crippen LogP contribution < -0.4 is 15.5 Å². The predicted octanol–water partition coefficient (Wildman–Crippen LogP) is 2.10. The van der Waals surface area contributed by atoms with Crippen LogP contribution in [0.4, 0.5) is 5.69 Å². The van der Waals surface area contributed by atoms with Crippen molar-refractivity contribution >= 4 is 41.5 Å². The summed E-state index contributed by atoms with van der Waals surface area (Å²) in [7, 11) is 1.84. The maximum atomic E-state index is 11.6. The van der Waals surface area contributed by atoms with Crippen LogP contribution in [0, 0.1) is 5.92 Å². The molecule has 2 atom stereocenters. The van der Waals surface area contributed by atoms with Crippen LogP contribution in [0.3, 0.4) is 0 Å². The minimum absolute atomic E-state index is 0. The van der Waals surface area contributed by atoms with Gasteiger partial charge in [-0.3, -0.25) is 9.79 Å². The van der Waals surface area contributed by atoms with E-state index in [1.807, 2.05) is 25.8 Å². The Balaban J connectivity index is 0.00000272. The highest BCUT2D eigenvalue weighted by molar-refractivity contribution is 14.0. The molecule has 2 N–H and O–H groups in total. The smallest absolute Gasteiger partial charge is 0.239 e. The van der Waals surface area contributed by atoms with E-state index in [9.17, 15) is 4.79 Å². The van der Waals surface area contributed by atoms with Crippen molar-refractivity contribution in [1.82, 2.24) is 25.1 Å². The number of anilines is 1. The summed E-state index contributed by atoms with van der Waals surface area (Å²) < 4.78 is 2.21. The highest BCUT2D eigenvalue weighted by atomic mass is 127. The van der Waals surface area contributed by atoms with E-state index in [2.05, 4.69) is 66.2 Å². The third-order valence-electron chi connectivity index (χ3n) is 6.13. The van der Waals surface area contributed by atoms with E-state index in [0.717, 1.165) is 44.2 Å². The summed E-state index contributed by atoms with van der Waals surface area (Å²) in [4.78, 5) is 24.8. The van der Waals surface area contributed by atoms with Crippen LogP contribution in [0.2, 0.25) is 0 Å². The second kappa shape index (κ2) is 10.8. The van der Waals surface area contributed by atoms with Crippen molar-refractivity contribution in [2.75, 3.05) is 44.7 Å². The lowest BCUT2D eigenvalue weighted by Gasteiger charge is -2.39. The molecular weight excluding hydrogens is 505 g/mol. The quantitative estimate of drug-likeness (QED) is 0.355. The summed E-state index contributed by atoms with van der Waals surface area (Å²) >= 11 is 0. The van der Waals surface area contributed by atoms with Gasteiger partial charge in [0, 0.05) is 57.9 Å². The van der Waals surface area contributed by atoms with Gasteiger partial charge in [0.2, 0.25) is 5.91 Å². The maximum Gasteiger partial charge on any atom is 0.239 e. The molecule has 2 aromatic rings. The van der Waals surface area contributed by atoms with Gasteiger partial charge in [0.1, 0.15) is 0 Å². The molecule has 2 aliphatic rings. The molecule has 3 heterocycles. The first-order valence-electron chi connectivity index (χ1n) is 10.7. The highest BCUT2D eigenvalue weighted by Gasteiger charge is 2.28. The zero-order valence-electron chi connectivity index (χ0n) is 18.2. The number of guanidine groups is 1. The Hall–Kier alpha value is -2.30. The van der Waals surface area contributed by atoms with Crippen molar-refractivity contribution in [3.8, 4) is 0 Å². The summed E-state index contributed by atoms with van der Waals surface area (Å²) in [6, 6.07) is 8.83. The molecule has 0 spiro atoms. The number of hydrogen-bond acceptors (Lipinski definition) is 4. The molecule has 2 fully saturated rings. The van der Waals surface area contributed by atoms with Gasteiger partial charge in [-0.15, -0.1) is 24.0 Å². The van der Waals surface area contributed by atoms with Gasteiger partial charge < -0.3 is 25.0 Å². The van der Waals surface area contributed by atoms with Crippen molar-refractivity contribution in [2.45, 2.75) is 25.9 Å². The second-order valence-electron chi connectivity index (χ2n) is 8.13. The van der Waals surface area contributed by atoms with Crippen LogP contribution in [-0.4, -0.2) is 66.1 Å². The fourth-order valence-corrected chi connectivity index (χ4v) is 4.29. The molecule has 4 rings (SSSR count). The number of likely N-dealkylation sites (tertiary alicyclic amines) is 1. The third kappa shape index (κ3) is 5.69. The number of nitrogens with one attached hydrogen (secondary N) is 2. The summed E-state index contributed by atoms with van der Waals surface area (Å²) in [5.74, 6) is 1.63. The van der Waals surface area contributed by atoms with Gasteiger partial charge in [-0.1, -0.05) is 19.1 Å². The van der Waals surface area contributed by atoms with Crippen molar-refractivity contribution in [2.24, 2.45) is 10.9 Å². The molecule has 8 nitrogen and oxygen atoms in total. The largest absolute Gasteiger partial charge is 0.360 e. The number of nitrogens with zero attached hydrogens (tertiary/aromatic N) is 5. The number of benzene rings is 1. The molecule has 168 valence electrons. The average molecular weight is 537 g/mol. The number of piperazine rings is 1. The summed E-state index contributed by atoms with van der Waals surface area (Å²) in [5.41, 5.74) is 2.28.